The minimum Gasteiger partial charge on any atom is -0.119 e. The molecule has 0 nitrogen and oxygen atoms in total. The van der Waals surface area contributed by atoms with Gasteiger partial charge in [-0.1, -0.05) is 105 Å². The fraction of sp³-hybridized carbons (Fsp3) is 1.00. The first-order chi connectivity index (χ1) is 12.6. The molecule has 0 radical (unpaired) electrons. The van der Waals surface area contributed by atoms with Crippen LogP contribution in [0.3, 0.4) is 0 Å². The van der Waals surface area contributed by atoms with E-state index in [0.29, 0.717) is 5.41 Å². The van der Waals surface area contributed by atoms with Crippen LogP contribution in [0.2, 0.25) is 0 Å². The van der Waals surface area contributed by atoms with E-state index in [-0.39, 0.29) is 10.3 Å². The van der Waals surface area contributed by atoms with Gasteiger partial charge >= 0.3 is 0 Å². The number of rotatable bonds is 18. The third kappa shape index (κ3) is 11.8. The molecular weight excluding hydrogens is 348 g/mol. The lowest BCUT2D eigenvalue weighted by molar-refractivity contribution is 0.175. The summed E-state index contributed by atoms with van der Waals surface area (Å²) in [5.41, 5.74) is 0.886. The Morgan fingerprint density at radius 3 is 1.19 bits per heavy atom. The zero-order valence-corrected chi connectivity index (χ0v) is 20.9. The highest BCUT2D eigenvalue weighted by Crippen LogP contribution is 2.42. The summed E-state index contributed by atoms with van der Waals surface area (Å²) in [5, 5.41) is 0. The van der Waals surface area contributed by atoms with Crippen LogP contribution in [-0.4, -0.2) is 4.87 Å². The topological polar surface area (TPSA) is 0 Å². The van der Waals surface area contributed by atoms with Crippen LogP contribution in [0.15, 0.2) is 0 Å². The van der Waals surface area contributed by atoms with Crippen LogP contribution in [0.25, 0.3) is 0 Å². The lowest BCUT2D eigenvalue weighted by Gasteiger charge is -2.36. The standard InChI is InChI=1S/C26H53Cl/c1-8-11-20-26(21-12-9-2,22-13-10-3)23-18-16-14-15-17-19-24(4,5)25(6,7)27/h8-23H2,1-7H3. The van der Waals surface area contributed by atoms with Crippen LogP contribution in [0, 0.1) is 10.8 Å². The molecule has 0 bridgehead atoms. The van der Waals surface area contributed by atoms with E-state index < -0.39 is 0 Å². The van der Waals surface area contributed by atoms with Crippen molar-refractivity contribution >= 4 is 11.6 Å². The minimum absolute atomic E-state index is 0.107. The van der Waals surface area contributed by atoms with Gasteiger partial charge in [-0.25, -0.2) is 0 Å². The third-order valence-corrected chi connectivity index (χ3v) is 7.81. The summed E-state index contributed by atoms with van der Waals surface area (Å²) in [6.45, 7) is 16.0. The molecule has 0 aliphatic heterocycles. The molecule has 0 atom stereocenters. The van der Waals surface area contributed by atoms with Crippen molar-refractivity contribution in [1.29, 1.82) is 0 Å². The molecule has 0 amide bonds. The molecule has 0 aromatic rings. The van der Waals surface area contributed by atoms with Gasteiger partial charge in [-0.2, -0.15) is 0 Å². The van der Waals surface area contributed by atoms with Gasteiger partial charge in [-0.3, -0.25) is 0 Å². The summed E-state index contributed by atoms with van der Waals surface area (Å²) < 4.78 is 0. The highest BCUT2D eigenvalue weighted by molar-refractivity contribution is 6.23. The van der Waals surface area contributed by atoms with E-state index in [1.54, 1.807) is 0 Å². The Kier molecular flexibility index (Phi) is 14.5. The summed E-state index contributed by atoms with van der Waals surface area (Å²) in [4.78, 5) is -0.107. The summed E-state index contributed by atoms with van der Waals surface area (Å²) in [7, 11) is 0. The van der Waals surface area contributed by atoms with Gasteiger partial charge in [-0.15, -0.1) is 11.6 Å². The smallest absolute Gasteiger partial charge is 0.0441 e. The Bertz CT molecular complexity index is 315. The van der Waals surface area contributed by atoms with Gasteiger partial charge in [0.25, 0.3) is 0 Å². The van der Waals surface area contributed by atoms with Crippen LogP contribution < -0.4 is 0 Å². The highest BCUT2D eigenvalue weighted by atomic mass is 35.5. The molecule has 0 N–H and O–H groups in total. The summed E-state index contributed by atoms with van der Waals surface area (Å²) in [6.07, 6.45) is 22.5. The van der Waals surface area contributed by atoms with Gasteiger partial charge in [0.05, 0.1) is 0 Å². The van der Waals surface area contributed by atoms with Crippen molar-refractivity contribution in [2.75, 3.05) is 0 Å². The van der Waals surface area contributed by atoms with E-state index in [1.165, 1.54) is 103 Å². The lowest BCUT2D eigenvalue weighted by atomic mass is 9.71. The minimum atomic E-state index is -0.107. The fourth-order valence-electron chi connectivity index (χ4n) is 4.30. The van der Waals surface area contributed by atoms with Gasteiger partial charge in [0.2, 0.25) is 0 Å². The highest BCUT2D eigenvalue weighted by Gasteiger charge is 2.34. The quantitative estimate of drug-likeness (QED) is 0.158. The molecular formula is C26H53Cl. The maximum Gasteiger partial charge on any atom is 0.0441 e. The normalized spacial score (nSPS) is 13.3. The molecule has 0 aliphatic rings. The Hall–Kier alpha value is 0.290. The predicted octanol–water partition coefficient (Wildman–Crippen LogP) is 10.3. The molecule has 0 aliphatic carbocycles. The van der Waals surface area contributed by atoms with Crippen LogP contribution in [0.1, 0.15) is 151 Å². The maximum absolute atomic E-state index is 6.56. The molecule has 0 fully saturated rings. The number of halogens is 1. The van der Waals surface area contributed by atoms with E-state index in [4.69, 9.17) is 11.6 Å². The van der Waals surface area contributed by atoms with Crippen LogP contribution in [-0.2, 0) is 0 Å². The molecule has 27 heavy (non-hydrogen) atoms. The number of hydrogen-bond donors (Lipinski definition) is 0. The summed E-state index contributed by atoms with van der Waals surface area (Å²) in [5.74, 6) is 0. The molecule has 0 heterocycles. The van der Waals surface area contributed by atoms with E-state index in [9.17, 15) is 0 Å². The fourth-order valence-corrected chi connectivity index (χ4v) is 4.39. The molecule has 1 heteroatoms. The zero-order chi connectivity index (χ0) is 20.8. The van der Waals surface area contributed by atoms with Gasteiger partial charge in [-0.05, 0) is 56.8 Å². The maximum atomic E-state index is 6.56. The van der Waals surface area contributed by atoms with Crippen LogP contribution >= 0.6 is 11.6 Å². The van der Waals surface area contributed by atoms with Gasteiger partial charge in [0, 0.05) is 4.87 Å². The molecule has 0 saturated heterocycles. The Balaban J connectivity index is 4.30. The van der Waals surface area contributed by atoms with Crippen molar-refractivity contribution in [3.63, 3.8) is 0 Å². The first kappa shape index (κ1) is 27.3. The molecule has 0 aromatic carbocycles. The van der Waals surface area contributed by atoms with Crippen molar-refractivity contribution in [1.82, 2.24) is 0 Å². The molecule has 0 saturated carbocycles. The van der Waals surface area contributed by atoms with E-state index in [1.807, 2.05) is 0 Å². The second-order valence-electron chi connectivity index (χ2n) is 10.4. The monoisotopic (exact) mass is 400 g/mol. The number of unbranched alkanes of at least 4 members (excludes halogenated alkanes) is 7. The Labute approximate surface area is 178 Å². The van der Waals surface area contributed by atoms with Gasteiger partial charge < -0.3 is 0 Å². The van der Waals surface area contributed by atoms with E-state index in [2.05, 4.69) is 48.5 Å². The average molecular weight is 401 g/mol. The first-order valence-corrected chi connectivity index (χ1v) is 12.7. The zero-order valence-electron chi connectivity index (χ0n) is 20.2. The van der Waals surface area contributed by atoms with E-state index >= 15 is 0 Å². The van der Waals surface area contributed by atoms with Gasteiger partial charge in [0.15, 0.2) is 0 Å². The second-order valence-corrected chi connectivity index (χ2v) is 11.4. The summed E-state index contributed by atoms with van der Waals surface area (Å²) >= 11 is 6.56. The first-order valence-electron chi connectivity index (χ1n) is 12.3. The number of hydrogen-bond acceptors (Lipinski definition) is 0. The molecule has 0 unspecified atom stereocenters. The predicted molar refractivity (Wildman–Crippen MR) is 127 cm³/mol. The Morgan fingerprint density at radius 2 is 0.815 bits per heavy atom. The van der Waals surface area contributed by atoms with Crippen LogP contribution in [0.5, 0.6) is 0 Å². The SMILES string of the molecule is CCCCC(CCCC)(CCCC)CCCCCCCC(C)(C)C(C)(C)Cl. The summed E-state index contributed by atoms with van der Waals surface area (Å²) in [6, 6.07) is 0. The lowest BCUT2D eigenvalue weighted by Crippen LogP contribution is -2.33. The van der Waals surface area contributed by atoms with Crippen LogP contribution in [0.4, 0.5) is 0 Å². The van der Waals surface area contributed by atoms with Crippen molar-refractivity contribution < 1.29 is 0 Å². The molecule has 0 aromatic heterocycles. The average Bonchev–Trinajstić information content (AvgIpc) is 2.60. The second kappa shape index (κ2) is 14.3. The van der Waals surface area contributed by atoms with Crippen molar-refractivity contribution in [2.45, 2.75) is 156 Å². The molecule has 0 rings (SSSR count). The largest absolute Gasteiger partial charge is 0.119 e. The molecule has 164 valence electrons. The van der Waals surface area contributed by atoms with Crippen molar-refractivity contribution in [3.05, 3.63) is 0 Å². The third-order valence-electron chi connectivity index (χ3n) is 7.30. The molecule has 0 spiro atoms. The van der Waals surface area contributed by atoms with Gasteiger partial charge in [0.1, 0.15) is 0 Å². The number of alkyl halides is 1. The van der Waals surface area contributed by atoms with Crippen molar-refractivity contribution in [3.8, 4) is 0 Å². The Morgan fingerprint density at radius 1 is 0.481 bits per heavy atom. The van der Waals surface area contributed by atoms with Crippen molar-refractivity contribution in [2.24, 2.45) is 10.8 Å². The van der Waals surface area contributed by atoms with E-state index in [0.717, 1.165) is 0 Å².